The van der Waals surface area contributed by atoms with E-state index >= 15 is 0 Å². The fraction of sp³-hybridized carbons (Fsp3) is 0.294. The van der Waals surface area contributed by atoms with Gasteiger partial charge in [0.15, 0.2) is 0 Å². The van der Waals surface area contributed by atoms with Gasteiger partial charge in [-0.2, -0.15) is 0 Å². The quantitative estimate of drug-likeness (QED) is 0.607. The minimum absolute atomic E-state index is 0.0586. The zero-order valence-electron chi connectivity index (χ0n) is 12.5. The third kappa shape index (κ3) is 3.97. The van der Waals surface area contributed by atoms with Crippen LogP contribution < -0.4 is 20.7 Å². The minimum Gasteiger partial charge on any atom is -0.497 e. The van der Waals surface area contributed by atoms with Crippen LogP contribution in [0.3, 0.4) is 0 Å². The van der Waals surface area contributed by atoms with Gasteiger partial charge in [0.1, 0.15) is 11.5 Å². The Morgan fingerprint density at radius 1 is 1.00 bits per heavy atom. The molecule has 4 nitrogen and oxygen atoms in total. The molecule has 1 atom stereocenters. The summed E-state index contributed by atoms with van der Waals surface area (Å²) < 4.78 is 10.6. The summed E-state index contributed by atoms with van der Waals surface area (Å²) in [5.41, 5.74) is 5.22. The third-order valence-electron chi connectivity index (χ3n) is 3.60. The van der Waals surface area contributed by atoms with Crippen molar-refractivity contribution in [3.05, 3.63) is 59.7 Å². The van der Waals surface area contributed by atoms with Crippen molar-refractivity contribution >= 4 is 0 Å². The van der Waals surface area contributed by atoms with Crippen LogP contribution >= 0.6 is 0 Å². The van der Waals surface area contributed by atoms with Crippen LogP contribution in [-0.4, -0.2) is 14.2 Å². The van der Waals surface area contributed by atoms with Crippen molar-refractivity contribution < 1.29 is 9.47 Å². The molecule has 0 aromatic heterocycles. The molecule has 0 radical (unpaired) electrons. The van der Waals surface area contributed by atoms with Crippen molar-refractivity contribution in [2.75, 3.05) is 14.2 Å². The second-order valence-electron chi connectivity index (χ2n) is 4.85. The van der Waals surface area contributed by atoms with E-state index in [1.165, 1.54) is 5.56 Å². The number of hydrogen-bond donors (Lipinski definition) is 2. The van der Waals surface area contributed by atoms with Gasteiger partial charge in [-0.1, -0.05) is 30.3 Å². The highest BCUT2D eigenvalue weighted by atomic mass is 16.5. The summed E-state index contributed by atoms with van der Waals surface area (Å²) in [6.45, 7) is 0. The van der Waals surface area contributed by atoms with E-state index in [0.29, 0.717) is 0 Å². The van der Waals surface area contributed by atoms with Crippen molar-refractivity contribution in [1.82, 2.24) is 5.43 Å². The van der Waals surface area contributed by atoms with Crippen molar-refractivity contribution in [3.8, 4) is 11.5 Å². The minimum atomic E-state index is 0.0586. The summed E-state index contributed by atoms with van der Waals surface area (Å²) in [4.78, 5) is 0. The molecule has 1 unspecified atom stereocenters. The van der Waals surface area contributed by atoms with E-state index < -0.39 is 0 Å². The Kier molecular flexibility index (Phi) is 5.60. The van der Waals surface area contributed by atoms with Crippen molar-refractivity contribution in [1.29, 1.82) is 0 Å². The maximum absolute atomic E-state index is 5.71. The topological polar surface area (TPSA) is 56.5 Å². The molecule has 0 fully saturated rings. The van der Waals surface area contributed by atoms with E-state index in [0.717, 1.165) is 29.9 Å². The third-order valence-corrected chi connectivity index (χ3v) is 3.60. The fourth-order valence-electron chi connectivity index (χ4n) is 2.39. The molecule has 0 spiro atoms. The van der Waals surface area contributed by atoms with Crippen molar-refractivity contribution in [2.45, 2.75) is 18.9 Å². The van der Waals surface area contributed by atoms with Crippen LogP contribution in [0.2, 0.25) is 0 Å². The molecule has 0 aliphatic rings. The molecule has 0 aliphatic heterocycles. The summed E-state index contributed by atoms with van der Waals surface area (Å²) in [6, 6.07) is 16.1. The molecule has 21 heavy (non-hydrogen) atoms. The van der Waals surface area contributed by atoms with E-state index in [-0.39, 0.29) is 6.04 Å². The Labute approximate surface area is 125 Å². The molecular formula is C17H22N2O2. The van der Waals surface area contributed by atoms with Gasteiger partial charge in [0.25, 0.3) is 0 Å². The molecule has 4 heteroatoms. The van der Waals surface area contributed by atoms with Gasteiger partial charge in [0.2, 0.25) is 0 Å². The number of rotatable bonds is 7. The van der Waals surface area contributed by atoms with Crippen LogP contribution in [0, 0.1) is 0 Å². The number of hydrogen-bond acceptors (Lipinski definition) is 4. The lowest BCUT2D eigenvalue weighted by Crippen LogP contribution is -2.28. The standard InChI is InChI=1S/C17H22N2O2/c1-20-14-10-7-13(8-11-14)9-12-16(19-18)15-5-3-4-6-17(15)21-2/h3-8,10-11,16,19H,9,12,18H2,1-2H3. The van der Waals surface area contributed by atoms with E-state index in [9.17, 15) is 0 Å². The number of ether oxygens (including phenoxy) is 2. The Hall–Kier alpha value is -2.04. The molecule has 0 saturated heterocycles. The highest BCUT2D eigenvalue weighted by molar-refractivity contribution is 5.36. The van der Waals surface area contributed by atoms with Gasteiger partial charge in [0.05, 0.1) is 14.2 Å². The Morgan fingerprint density at radius 3 is 2.33 bits per heavy atom. The average Bonchev–Trinajstić information content (AvgIpc) is 2.56. The van der Waals surface area contributed by atoms with E-state index in [4.69, 9.17) is 15.3 Å². The molecule has 2 rings (SSSR count). The van der Waals surface area contributed by atoms with Crippen LogP contribution in [0.4, 0.5) is 0 Å². The number of para-hydroxylation sites is 1. The summed E-state index contributed by atoms with van der Waals surface area (Å²) in [5.74, 6) is 7.44. The van der Waals surface area contributed by atoms with Gasteiger partial charge >= 0.3 is 0 Å². The molecule has 0 bridgehead atoms. The maximum Gasteiger partial charge on any atom is 0.123 e. The first-order valence-corrected chi connectivity index (χ1v) is 7.00. The number of nitrogens with two attached hydrogens (primary N) is 1. The van der Waals surface area contributed by atoms with Crippen LogP contribution in [0.5, 0.6) is 11.5 Å². The molecule has 2 aromatic carbocycles. The number of methoxy groups -OCH3 is 2. The molecule has 3 N–H and O–H groups in total. The SMILES string of the molecule is COc1ccc(CCC(NN)c2ccccc2OC)cc1. The summed E-state index contributed by atoms with van der Waals surface area (Å²) >= 11 is 0. The second kappa shape index (κ2) is 7.67. The highest BCUT2D eigenvalue weighted by Crippen LogP contribution is 2.27. The first-order chi connectivity index (χ1) is 10.3. The highest BCUT2D eigenvalue weighted by Gasteiger charge is 2.14. The van der Waals surface area contributed by atoms with E-state index in [1.807, 2.05) is 36.4 Å². The van der Waals surface area contributed by atoms with Crippen LogP contribution in [0.25, 0.3) is 0 Å². The lowest BCUT2D eigenvalue weighted by Gasteiger charge is -2.19. The molecule has 2 aromatic rings. The van der Waals surface area contributed by atoms with Gasteiger partial charge in [-0.25, -0.2) is 0 Å². The van der Waals surface area contributed by atoms with Crippen LogP contribution in [0.1, 0.15) is 23.6 Å². The Bertz CT molecular complexity index is 555. The number of nitrogens with one attached hydrogen (secondary N) is 1. The van der Waals surface area contributed by atoms with Gasteiger partial charge in [-0.3, -0.25) is 11.3 Å². The van der Waals surface area contributed by atoms with E-state index in [1.54, 1.807) is 14.2 Å². The molecule has 0 amide bonds. The van der Waals surface area contributed by atoms with Gasteiger partial charge < -0.3 is 9.47 Å². The Morgan fingerprint density at radius 2 is 1.71 bits per heavy atom. The zero-order valence-corrected chi connectivity index (χ0v) is 12.5. The number of benzene rings is 2. The number of hydrazine groups is 1. The number of aryl methyl sites for hydroxylation is 1. The second-order valence-corrected chi connectivity index (χ2v) is 4.85. The van der Waals surface area contributed by atoms with Crippen LogP contribution in [-0.2, 0) is 6.42 Å². The molecule has 0 aliphatic carbocycles. The summed E-state index contributed by atoms with van der Waals surface area (Å²) in [6.07, 6.45) is 1.82. The first-order valence-electron chi connectivity index (χ1n) is 7.00. The van der Waals surface area contributed by atoms with Crippen molar-refractivity contribution in [3.63, 3.8) is 0 Å². The average molecular weight is 286 g/mol. The Balaban J connectivity index is 2.05. The van der Waals surface area contributed by atoms with Crippen LogP contribution in [0.15, 0.2) is 48.5 Å². The van der Waals surface area contributed by atoms with Gasteiger partial charge in [-0.15, -0.1) is 0 Å². The largest absolute Gasteiger partial charge is 0.497 e. The smallest absolute Gasteiger partial charge is 0.123 e. The predicted molar refractivity (Wildman–Crippen MR) is 84.4 cm³/mol. The fourth-order valence-corrected chi connectivity index (χ4v) is 2.39. The van der Waals surface area contributed by atoms with E-state index in [2.05, 4.69) is 17.6 Å². The normalized spacial score (nSPS) is 12.0. The summed E-state index contributed by atoms with van der Waals surface area (Å²) in [7, 11) is 3.35. The zero-order chi connectivity index (χ0) is 15.1. The van der Waals surface area contributed by atoms with Gasteiger partial charge in [0, 0.05) is 11.6 Å². The van der Waals surface area contributed by atoms with Crippen molar-refractivity contribution in [2.24, 2.45) is 5.84 Å². The first kappa shape index (κ1) is 15.4. The maximum atomic E-state index is 5.71. The monoisotopic (exact) mass is 286 g/mol. The summed E-state index contributed by atoms with van der Waals surface area (Å²) in [5, 5.41) is 0. The molecule has 112 valence electrons. The van der Waals surface area contributed by atoms with Gasteiger partial charge in [-0.05, 0) is 36.6 Å². The molecular weight excluding hydrogens is 264 g/mol. The predicted octanol–water partition coefficient (Wildman–Crippen LogP) is 2.84. The lowest BCUT2D eigenvalue weighted by atomic mass is 9.98. The lowest BCUT2D eigenvalue weighted by molar-refractivity contribution is 0.396. The molecule has 0 heterocycles. The molecule has 0 saturated carbocycles.